The van der Waals surface area contributed by atoms with Crippen molar-refractivity contribution in [2.24, 2.45) is 0 Å². The summed E-state index contributed by atoms with van der Waals surface area (Å²) in [6, 6.07) is 11.0. The number of rotatable bonds is 3. The highest BCUT2D eigenvalue weighted by Crippen LogP contribution is 2.22. The molecule has 2 aromatic rings. The van der Waals surface area contributed by atoms with E-state index in [9.17, 15) is 14.4 Å². The molecule has 2 fully saturated rings. The van der Waals surface area contributed by atoms with E-state index >= 15 is 0 Å². The van der Waals surface area contributed by atoms with Crippen LogP contribution in [0.4, 0.5) is 5.69 Å². The van der Waals surface area contributed by atoms with Crippen LogP contribution in [0, 0.1) is 0 Å². The van der Waals surface area contributed by atoms with Gasteiger partial charge in [0.2, 0.25) is 5.91 Å². The van der Waals surface area contributed by atoms with Gasteiger partial charge in [-0.15, -0.1) is 11.3 Å². The van der Waals surface area contributed by atoms with E-state index in [1.807, 2.05) is 29.6 Å². The Morgan fingerprint density at radius 2 is 1.50 bits per heavy atom. The summed E-state index contributed by atoms with van der Waals surface area (Å²) in [6.45, 7) is 2.89. The van der Waals surface area contributed by atoms with Crippen LogP contribution in [0.1, 0.15) is 39.3 Å². The first-order chi connectivity index (χ1) is 13.6. The fourth-order valence-corrected chi connectivity index (χ4v) is 4.40. The minimum Gasteiger partial charge on any atom is -0.335 e. The van der Waals surface area contributed by atoms with Gasteiger partial charge in [-0.2, -0.15) is 0 Å². The second-order valence-electron chi connectivity index (χ2n) is 7.11. The van der Waals surface area contributed by atoms with E-state index in [1.165, 1.54) is 11.3 Å². The largest absolute Gasteiger partial charge is 0.335 e. The lowest BCUT2D eigenvalue weighted by atomic mass is 10.1. The summed E-state index contributed by atoms with van der Waals surface area (Å²) in [7, 11) is 0. The first-order valence-electron chi connectivity index (χ1n) is 9.66. The number of thiophene rings is 1. The lowest BCUT2D eigenvalue weighted by molar-refractivity contribution is -0.119. The van der Waals surface area contributed by atoms with Crippen molar-refractivity contribution in [2.45, 2.75) is 19.3 Å². The molecule has 6 nitrogen and oxygen atoms in total. The number of hydrogen-bond donors (Lipinski definition) is 0. The zero-order chi connectivity index (χ0) is 19.5. The Hall–Kier alpha value is -2.67. The smallest absolute Gasteiger partial charge is 0.264 e. The zero-order valence-electron chi connectivity index (χ0n) is 15.7. The maximum absolute atomic E-state index is 12.8. The van der Waals surface area contributed by atoms with Crippen LogP contribution >= 0.6 is 11.3 Å². The average Bonchev–Trinajstić information content (AvgIpc) is 3.28. The molecule has 0 N–H and O–H groups in total. The molecule has 0 saturated carbocycles. The summed E-state index contributed by atoms with van der Waals surface area (Å²) in [5.74, 6) is 0.161. The quantitative estimate of drug-likeness (QED) is 0.800. The minimum absolute atomic E-state index is 0.0280. The predicted octanol–water partition coefficient (Wildman–Crippen LogP) is 2.86. The first kappa shape index (κ1) is 18.7. The Bertz CT molecular complexity index is 856. The van der Waals surface area contributed by atoms with E-state index in [1.54, 1.807) is 26.8 Å². The maximum atomic E-state index is 12.8. The van der Waals surface area contributed by atoms with Gasteiger partial charge < -0.3 is 14.7 Å². The molecule has 0 radical (unpaired) electrons. The third-order valence-corrected chi connectivity index (χ3v) is 6.19. The topological polar surface area (TPSA) is 60.9 Å². The number of carbonyl (C=O) groups excluding carboxylic acids is 3. The SMILES string of the molecule is O=C(c1ccc(N2CCCCC2=O)cc1)N1CCN(C(=O)c2cccs2)CC1. The Balaban J connectivity index is 1.36. The summed E-state index contributed by atoms with van der Waals surface area (Å²) >= 11 is 1.44. The highest BCUT2D eigenvalue weighted by atomic mass is 32.1. The molecule has 2 aliphatic rings. The molecular formula is C21H23N3O3S. The van der Waals surface area contributed by atoms with E-state index in [-0.39, 0.29) is 17.7 Å². The van der Waals surface area contributed by atoms with Crippen molar-refractivity contribution in [1.82, 2.24) is 9.80 Å². The number of carbonyl (C=O) groups is 3. The molecule has 0 unspecified atom stereocenters. The Kier molecular flexibility index (Phi) is 5.43. The van der Waals surface area contributed by atoms with Crippen LogP contribution in [0.5, 0.6) is 0 Å². The third-order valence-electron chi connectivity index (χ3n) is 5.34. The van der Waals surface area contributed by atoms with Crippen LogP contribution in [-0.4, -0.2) is 60.2 Å². The van der Waals surface area contributed by atoms with Crippen molar-refractivity contribution in [3.8, 4) is 0 Å². The summed E-state index contributed by atoms with van der Waals surface area (Å²) in [6.07, 6.45) is 2.56. The highest BCUT2D eigenvalue weighted by Gasteiger charge is 2.26. The van der Waals surface area contributed by atoms with Crippen LogP contribution in [0.2, 0.25) is 0 Å². The van der Waals surface area contributed by atoms with Crippen LogP contribution in [0.15, 0.2) is 41.8 Å². The third kappa shape index (κ3) is 3.80. The van der Waals surface area contributed by atoms with Crippen LogP contribution in [0.3, 0.4) is 0 Å². The van der Waals surface area contributed by atoms with Crippen molar-refractivity contribution in [3.05, 3.63) is 52.2 Å². The standard InChI is InChI=1S/C21H23N3O3S/c25-19-5-1-2-10-24(19)17-8-6-16(7-9-17)20(26)22-11-13-23(14-12-22)21(27)18-4-3-15-28-18/h3-4,6-9,15H,1-2,5,10-14H2. The summed E-state index contributed by atoms with van der Waals surface area (Å²) in [5, 5.41) is 1.90. The van der Waals surface area contributed by atoms with E-state index in [2.05, 4.69) is 0 Å². The molecule has 146 valence electrons. The molecule has 7 heteroatoms. The van der Waals surface area contributed by atoms with Gasteiger partial charge in [0.15, 0.2) is 0 Å². The van der Waals surface area contributed by atoms with Gasteiger partial charge in [-0.3, -0.25) is 14.4 Å². The molecule has 0 atom stereocenters. The van der Waals surface area contributed by atoms with Crippen LogP contribution in [-0.2, 0) is 4.79 Å². The van der Waals surface area contributed by atoms with Crippen molar-refractivity contribution < 1.29 is 14.4 Å². The van der Waals surface area contributed by atoms with Crippen LogP contribution in [0.25, 0.3) is 0 Å². The predicted molar refractivity (Wildman–Crippen MR) is 109 cm³/mol. The van der Waals surface area contributed by atoms with Gasteiger partial charge in [-0.1, -0.05) is 6.07 Å². The summed E-state index contributed by atoms with van der Waals surface area (Å²) in [4.78, 5) is 43.4. The molecule has 0 spiro atoms. The van der Waals surface area contributed by atoms with Crippen molar-refractivity contribution >= 4 is 34.7 Å². The van der Waals surface area contributed by atoms with Crippen molar-refractivity contribution in [3.63, 3.8) is 0 Å². The number of nitrogens with zero attached hydrogens (tertiary/aromatic N) is 3. The lowest BCUT2D eigenvalue weighted by Crippen LogP contribution is -2.50. The summed E-state index contributed by atoms with van der Waals surface area (Å²) < 4.78 is 0. The van der Waals surface area contributed by atoms with Crippen molar-refractivity contribution in [2.75, 3.05) is 37.6 Å². The van der Waals surface area contributed by atoms with Gasteiger partial charge in [0.1, 0.15) is 0 Å². The molecule has 1 aromatic heterocycles. The van der Waals surface area contributed by atoms with Crippen molar-refractivity contribution in [1.29, 1.82) is 0 Å². The number of piperazine rings is 1. The average molecular weight is 398 g/mol. The number of hydrogen-bond acceptors (Lipinski definition) is 4. The van der Waals surface area contributed by atoms with Gasteiger partial charge in [0.25, 0.3) is 11.8 Å². The lowest BCUT2D eigenvalue weighted by Gasteiger charge is -2.34. The number of piperidine rings is 1. The molecule has 28 heavy (non-hydrogen) atoms. The number of benzene rings is 1. The van der Waals surface area contributed by atoms with Gasteiger partial charge in [0, 0.05) is 50.4 Å². The fraction of sp³-hybridized carbons (Fsp3) is 0.381. The molecule has 4 rings (SSSR count). The monoisotopic (exact) mass is 397 g/mol. The van der Waals surface area contributed by atoms with Gasteiger partial charge in [0.05, 0.1) is 4.88 Å². The molecule has 2 aliphatic heterocycles. The van der Waals surface area contributed by atoms with Crippen LogP contribution < -0.4 is 4.90 Å². The number of anilines is 1. The first-order valence-corrected chi connectivity index (χ1v) is 10.5. The second kappa shape index (κ2) is 8.14. The minimum atomic E-state index is -0.0280. The highest BCUT2D eigenvalue weighted by molar-refractivity contribution is 7.12. The Morgan fingerprint density at radius 3 is 2.11 bits per heavy atom. The fourth-order valence-electron chi connectivity index (χ4n) is 3.71. The van der Waals surface area contributed by atoms with E-state index in [0.29, 0.717) is 38.2 Å². The molecular weight excluding hydrogens is 374 g/mol. The van der Waals surface area contributed by atoms with E-state index in [0.717, 1.165) is 30.0 Å². The molecule has 3 amide bonds. The maximum Gasteiger partial charge on any atom is 0.264 e. The second-order valence-corrected chi connectivity index (χ2v) is 8.06. The zero-order valence-corrected chi connectivity index (χ0v) is 16.5. The van der Waals surface area contributed by atoms with Gasteiger partial charge >= 0.3 is 0 Å². The molecule has 0 bridgehead atoms. The molecule has 2 saturated heterocycles. The molecule has 0 aliphatic carbocycles. The normalized spacial score (nSPS) is 17.7. The van der Waals surface area contributed by atoms with Gasteiger partial charge in [-0.05, 0) is 48.6 Å². The molecule has 1 aromatic carbocycles. The summed E-state index contributed by atoms with van der Waals surface area (Å²) in [5.41, 5.74) is 1.47. The van der Waals surface area contributed by atoms with E-state index < -0.39 is 0 Å². The molecule has 3 heterocycles. The van der Waals surface area contributed by atoms with E-state index in [4.69, 9.17) is 0 Å². The van der Waals surface area contributed by atoms with Gasteiger partial charge in [-0.25, -0.2) is 0 Å². The Labute approximate surface area is 168 Å². The number of amides is 3. The Morgan fingerprint density at radius 1 is 0.821 bits per heavy atom.